The van der Waals surface area contributed by atoms with E-state index in [1.165, 1.54) is 0 Å². The van der Waals surface area contributed by atoms with Crippen LogP contribution in [0.2, 0.25) is 0 Å². The number of carbonyl (C=O) groups is 1. The number of hydrogen-bond donors (Lipinski definition) is 2. The van der Waals surface area contributed by atoms with Crippen LogP contribution in [0.25, 0.3) is 0 Å². The second-order valence-electron chi connectivity index (χ2n) is 4.21. The minimum absolute atomic E-state index is 0.0777. The number of halogens is 2. The molecule has 4 nitrogen and oxygen atoms in total. The largest absolute Gasteiger partial charge is 0.383 e. The summed E-state index contributed by atoms with van der Waals surface area (Å²) in [6.45, 7) is 4.50. The molecule has 6 heteroatoms. The molecule has 1 aliphatic rings. The topological polar surface area (TPSA) is 50.4 Å². The fourth-order valence-electron chi connectivity index (χ4n) is 1.40. The monoisotopic (exact) mass is 268 g/mol. The summed E-state index contributed by atoms with van der Waals surface area (Å²) in [5, 5.41) is 5.94. The van der Waals surface area contributed by atoms with E-state index in [0.717, 1.165) is 6.54 Å². The Bertz CT molecular complexity index is 261. The Labute approximate surface area is 106 Å². The quantitative estimate of drug-likeness (QED) is 0.534. The first-order valence-corrected chi connectivity index (χ1v) is 6.05. The predicted octanol–water partition coefficient (Wildman–Crippen LogP) is 0.922. The number of amides is 1. The van der Waals surface area contributed by atoms with Gasteiger partial charge in [-0.05, 0) is 13.3 Å². The number of nitrogens with one attached hydrogen (secondary N) is 2. The first-order chi connectivity index (χ1) is 7.44. The first kappa shape index (κ1) is 14.0. The molecule has 0 aromatic rings. The lowest BCUT2D eigenvalue weighted by molar-refractivity contribution is -0.125. The van der Waals surface area contributed by atoms with Crippen molar-refractivity contribution in [2.24, 2.45) is 5.41 Å². The van der Waals surface area contributed by atoms with Crippen molar-refractivity contribution in [2.45, 2.75) is 17.7 Å². The van der Waals surface area contributed by atoms with Crippen LogP contribution in [0.3, 0.4) is 0 Å². The highest BCUT2D eigenvalue weighted by Gasteiger charge is 2.67. The van der Waals surface area contributed by atoms with Crippen molar-refractivity contribution in [1.82, 2.24) is 10.6 Å². The van der Waals surface area contributed by atoms with Crippen LogP contribution in [-0.4, -0.2) is 43.6 Å². The molecule has 0 radical (unpaired) electrons. The summed E-state index contributed by atoms with van der Waals surface area (Å²) in [6, 6.07) is 0. The second kappa shape index (κ2) is 5.54. The predicted molar refractivity (Wildman–Crippen MR) is 64.9 cm³/mol. The Morgan fingerprint density at radius 3 is 2.50 bits per heavy atom. The minimum Gasteiger partial charge on any atom is -0.383 e. The molecular formula is C10H18Cl2N2O2. The van der Waals surface area contributed by atoms with Gasteiger partial charge in [-0.25, -0.2) is 0 Å². The lowest BCUT2D eigenvalue weighted by Gasteiger charge is -2.12. The number of carbonyl (C=O) groups excluding carboxylic acids is 1. The highest BCUT2D eigenvalue weighted by atomic mass is 35.5. The highest BCUT2D eigenvalue weighted by molar-refractivity contribution is 6.53. The number of rotatable bonds is 7. The van der Waals surface area contributed by atoms with Crippen molar-refractivity contribution >= 4 is 29.1 Å². The van der Waals surface area contributed by atoms with Gasteiger partial charge >= 0.3 is 0 Å². The Morgan fingerprint density at radius 1 is 1.38 bits per heavy atom. The molecule has 1 atom stereocenters. The molecular weight excluding hydrogens is 251 g/mol. The van der Waals surface area contributed by atoms with Gasteiger partial charge in [-0.2, -0.15) is 0 Å². The van der Waals surface area contributed by atoms with Gasteiger partial charge in [-0.3, -0.25) is 4.79 Å². The molecule has 2 N–H and O–H groups in total. The number of ether oxygens (including phenoxy) is 1. The van der Waals surface area contributed by atoms with Gasteiger partial charge in [0, 0.05) is 26.7 Å². The zero-order chi connectivity index (χ0) is 12.2. The maximum atomic E-state index is 11.7. The summed E-state index contributed by atoms with van der Waals surface area (Å²) in [4.78, 5) is 11.7. The van der Waals surface area contributed by atoms with Crippen molar-refractivity contribution in [2.75, 3.05) is 33.4 Å². The van der Waals surface area contributed by atoms with Crippen molar-refractivity contribution in [1.29, 1.82) is 0 Å². The van der Waals surface area contributed by atoms with Crippen molar-refractivity contribution < 1.29 is 9.53 Å². The molecule has 16 heavy (non-hydrogen) atoms. The minimum atomic E-state index is -0.888. The van der Waals surface area contributed by atoms with Crippen LogP contribution in [0.5, 0.6) is 0 Å². The summed E-state index contributed by atoms with van der Waals surface area (Å²) in [7, 11) is 1.65. The third-order valence-corrected chi connectivity index (χ3v) is 3.93. The highest BCUT2D eigenvalue weighted by Crippen LogP contribution is 2.63. The van der Waals surface area contributed by atoms with Crippen LogP contribution in [0, 0.1) is 5.41 Å². The van der Waals surface area contributed by atoms with Gasteiger partial charge in [-0.15, -0.1) is 23.2 Å². The van der Waals surface area contributed by atoms with E-state index in [1.54, 1.807) is 14.0 Å². The lowest BCUT2D eigenvalue weighted by Crippen LogP contribution is -2.38. The Balaban J connectivity index is 2.08. The van der Waals surface area contributed by atoms with Gasteiger partial charge < -0.3 is 15.4 Å². The SMILES string of the molecule is COCCNCCNC(=O)C1(C)CC1(Cl)Cl. The van der Waals surface area contributed by atoms with E-state index in [4.69, 9.17) is 27.9 Å². The van der Waals surface area contributed by atoms with Crippen LogP contribution in [0.4, 0.5) is 0 Å². The summed E-state index contributed by atoms with van der Waals surface area (Å²) in [5.74, 6) is -0.0777. The van der Waals surface area contributed by atoms with E-state index in [-0.39, 0.29) is 5.91 Å². The molecule has 0 aromatic heterocycles. The van der Waals surface area contributed by atoms with Crippen LogP contribution in [0.1, 0.15) is 13.3 Å². The van der Waals surface area contributed by atoms with Crippen LogP contribution < -0.4 is 10.6 Å². The molecule has 1 unspecified atom stereocenters. The molecule has 0 bridgehead atoms. The molecule has 94 valence electrons. The summed E-state index contributed by atoms with van der Waals surface area (Å²) < 4.78 is 3.99. The lowest BCUT2D eigenvalue weighted by atomic mass is 10.1. The molecule has 0 aliphatic heterocycles. The number of methoxy groups -OCH3 is 1. The van der Waals surface area contributed by atoms with Gasteiger partial charge in [0.25, 0.3) is 0 Å². The van der Waals surface area contributed by atoms with E-state index in [9.17, 15) is 4.79 Å². The molecule has 1 saturated carbocycles. The molecule has 1 amide bonds. The summed E-state index contributed by atoms with van der Waals surface area (Å²) >= 11 is 11.8. The van der Waals surface area contributed by atoms with E-state index >= 15 is 0 Å². The van der Waals surface area contributed by atoms with Gasteiger partial charge in [0.2, 0.25) is 5.91 Å². The average molecular weight is 269 g/mol. The van der Waals surface area contributed by atoms with Crippen molar-refractivity contribution in [3.8, 4) is 0 Å². The van der Waals surface area contributed by atoms with E-state index in [1.807, 2.05) is 0 Å². The first-order valence-electron chi connectivity index (χ1n) is 5.30. The number of alkyl halides is 2. The Kier molecular flexibility index (Phi) is 4.86. The van der Waals surface area contributed by atoms with Crippen molar-refractivity contribution in [3.63, 3.8) is 0 Å². The zero-order valence-electron chi connectivity index (χ0n) is 9.61. The van der Waals surface area contributed by atoms with Crippen LogP contribution in [0.15, 0.2) is 0 Å². The normalized spacial score (nSPS) is 26.5. The average Bonchev–Trinajstić information content (AvgIpc) is 2.73. The van der Waals surface area contributed by atoms with Crippen LogP contribution >= 0.6 is 23.2 Å². The Morgan fingerprint density at radius 2 is 2.00 bits per heavy atom. The molecule has 1 rings (SSSR count). The number of hydrogen-bond acceptors (Lipinski definition) is 3. The van der Waals surface area contributed by atoms with E-state index in [2.05, 4.69) is 10.6 Å². The second-order valence-corrected chi connectivity index (χ2v) is 5.70. The van der Waals surface area contributed by atoms with Gasteiger partial charge in [0.05, 0.1) is 12.0 Å². The van der Waals surface area contributed by atoms with Crippen molar-refractivity contribution in [3.05, 3.63) is 0 Å². The maximum absolute atomic E-state index is 11.7. The molecule has 1 aliphatic carbocycles. The molecule has 0 saturated heterocycles. The third-order valence-electron chi connectivity index (χ3n) is 2.83. The Hall–Kier alpha value is -0.0300. The molecule has 0 spiro atoms. The maximum Gasteiger partial charge on any atom is 0.229 e. The smallest absolute Gasteiger partial charge is 0.229 e. The standard InChI is InChI=1S/C10H18Cl2N2O2/c1-9(7-10(9,11)12)8(15)14-4-3-13-5-6-16-2/h13H,3-7H2,1-2H3,(H,14,15). The molecule has 0 heterocycles. The van der Waals surface area contributed by atoms with Crippen LogP contribution in [-0.2, 0) is 9.53 Å². The summed E-state index contributed by atoms with van der Waals surface area (Å²) in [6.07, 6.45) is 0.520. The van der Waals surface area contributed by atoms with Gasteiger partial charge in [0.15, 0.2) is 0 Å². The fourth-order valence-corrected chi connectivity index (χ4v) is 2.11. The van der Waals surface area contributed by atoms with E-state index < -0.39 is 9.75 Å². The zero-order valence-corrected chi connectivity index (χ0v) is 11.1. The fraction of sp³-hybridized carbons (Fsp3) is 0.900. The molecule has 0 aromatic carbocycles. The van der Waals surface area contributed by atoms with E-state index in [0.29, 0.717) is 26.1 Å². The molecule has 1 fully saturated rings. The summed E-state index contributed by atoms with van der Waals surface area (Å²) in [5.41, 5.74) is -0.622. The van der Waals surface area contributed by atoms with Gasteiger partial charge in [0.1, 0.15) is 4.33 Å². The van der Waals surface area contributed by atoms with Gasteiger partial charge in [-0.1, -0.05) is 0 Å². The third kappa shape index (κ3) is 3.23.